The van der Waals surface area contributed by atoms with Gasteiger partial charge in [0, 0.05) is 11.7 Å². The minimum Gasteiger partial charge on any atom is -0.490 e. The Balaban J connectivity index is 1.27. The Morgan fingerprint density at radius 1 is 1.00 bits per heavy atom. The number of thiocarbonyl (C=S) groups is 1. The maximum absolute atomic E-state index is 6.00. The summed E-state index contributed by atoms with van der Waals surface area (Å²) >= 11 is 5.48. The maximum atomic E-state index is 6.00. The molecule has 3 fully saturated rings. The molecule has 2 bridgehead atoms. The molecular weight excluding hydrogens is 304 g/mol. The minimum atomic E-state index is 0.411. The number of hydrogen-bond donors (Lipinski definition) is 2. The zero-order valence-electron chi connectivity index (χ0n) is 13.6. The number of benzene rings is 1. The van der Waals surface area contributed by atoms with Crippen molar-refractivity contribution in [3.63, 3.8) is 0 Å². The van der Waals surface area contributed by atoms with Crippen LogP contribution in [0.1, 0.15) is 51.4 Å². The van der Waals surface area contributed by atoms with Gasteiger partial charge in [-0.25, -0.2) is 0 Å². The van der Waals surface area contributed by atoms with E-state index in [9.17, 15) is 0 Å². The summed E-state index contributed by atoms with van der Waals surface area (Å²) in [6.07, 6.45) is 10.9. The van der Waals surface area contributed by atoms with Crippen LogP contribution in [0.4, 0.5) is 5.69 Å². The van der Waals surface area contributed by atoms with Crippen molar-refractivity contribution in [1.82, 2.24) is 5.32 Å². The Morgan fingerprint density at radius 3 is 2.43 bits per heavy atom. The molecule has 3 aliphatic carbocycles. The Hall–Kier alpha value is -1.29. The summed E-state index contributed by atoms with van der Waals surface area (Å²) in [5.41, 5.74) is 1.03. The fourth-order valence-electron chi connectivity index (χ4n) is 4.57. The van der Waals surface area contributed by atoms with Gasteiger partial charge in [0.05, 0.1) is 6.10 Å². The van der Waals surface area contributed by atoms with Crippen molar-refractivity contribution in [3.8, 4) is 5.75 Å². The molecule has 0 radical (unpaired) electrons. The largest absolute Gasteiger partial charge is 0.490 e. The molecule has 0 amide bonds. The maximum Gasteiger partial charge on any atom is 0.171 e. The standard InChI is InChI=1S/C19H26N2OS/c23-19(21-18-12-13-5-6-14(18)11-13)20-15-7-9-17(10-8-15)22-16-3-1-2-4-16/h7-10,13-14,16,18H,1-6,11-12H2,(H2,20,21,23)/t13-,14-,18-/m0/s1. The lowest BCUT2D eigenvalue weighted by Gasteiger charge is -2.24. The van der Waals surface area contributed by atoms with E-state index in [0.717, 1.165) is 28.4 Å². The Morgan fingerprint density at radius 2 is 1.78 bits per heavy atom. The lowest BCUT2D eigenvalue weighted by atomic mass is 9.96. The van der Waals surface area contributed by atoms with Crippen LogP contribution in [0, 0.1) is 11.8 Å². The molecule has 1 aromatic carbocycles. The monoisotopic (exact) mass is 330 g/mol. The third-order valence-corrected chi connectivity index (χ3v) is 5.99. The number of anilines is 1. The zero-order chi connectivity index (χ0) is 15.6. The summed E-state index contributed by atoms with van der Waals surface area (Å²) in [7, 11) is 0. The SMILES string of the molecule is S=C(Nc1ccc(OC2CCCC2)cc1)N[C@H]1C[C@H]2CC[C@H]1C2. The molecule has 4 rings (SSSR count). The van der Waals surface area contributed by atoms with Crippen molar-refractivity contribution in [2.75, 3.05) is 5.32 Å². The van der Waals surface area contributed by atoms with Gasteiger partial charge >= 0.3 is 0 Å². The zero-order valence-corrected chi connectivity index (χ0v) is 14.4. The molecule has 3 atom stereocenters. The van der Waals surface area contributed by atoms with E-state index in [2.05, 4.69) is 22.8 Å². The minimum absolute atomic E-state index is 0.411. The summed E-state index contributed by atoms with van der Waals surface area (Å²) in [6, 6.07) is 8.78. The molecule has 0 heterocycles. The third-order valence-electron chi connectivity index (χ3n) is 5.77. The van der Waals surface area contributed by atoms with E-state index < -0.39 is 0 Å². The van der Waals surface area contributed by atoms with E-state index in [4.69, 9.17) is 17.0 Å². The molecule has 23 heavy (non-hydrogen) atoms. The Labute approximate surface area is 144 Å². The highest BCUT2D eigenvalue weighted by Crippen LogP contribution is 2.44. The van der Waals surface area contributed by atoms with Crippen LogP contribution in [0.3, 0.4) is 0 Å². The first-order valence-corrected chi connectivity index (χ1v) is 9.51. The third kappa shape index (κ3) is 3.63. The molecule has 3 saturated carbocycles. The van der Waals surface area contributed by atoms with E-state index in [1.54, 1.807) is 0 Å². The van der Waals surface area contributed by atoms with Gasteiger partial charge in [0.15, 0.2) is 5.11 Å². The summed E-state index contributed by atoms with van der Waals surface area (Å²) in [4.78, 5) is 0. The second-order valence-corrected chi connectivity index (χ2v) is 7.84. The molecule has 2 N–H and O–H groups in total. The van der Waals surface area contributed by atoms with E-state index in [1.807, 2.05) is 12.1 Å². The average Bonchev–Trinajstić information content (AvgIpc) is 3.27. The van der Waals surface area contributed by atoms with Gasteiger partial charge in [-0.3, -0.25) is 0 Å². The first kappa shape index (κ1) is 15.3. The van der Waals surface area contributed by atoms with Crippen molar-refractivity contribution in [1.29, 1.82) is 0 Å². The number of nitrogens with one attached hydrogen (secondary N) is 2. The summed E-state index contributed by atoms with van der Waals surface area (Å²) in [5.74, 6) is 2.74. The molecule has 0 aliphatic heterocycles. The van der Waals surface area contributed by atoms with Crippen molar-refractivity contribution >= 4 is 23.0 Å². The lowest BCUT2D eigenvalue weighted by molar-refractivity contribution is 0.210. The molecule has 3 aliphatic rings. The fourth-order valence-corrected chi connectivity index (χ4v) is 4.84. The molecule has 3 nitrogen and oxygen atoms in total. The van der Waals surface area contributed by atoms with Gasteiger partial charge in [-0.1, -0.05) is 6.42 Å². The lowest BCUT2D eigenvalue weighted by Crippen LogP contribution is -2.40. The van der Waals surface area contributed by atoms with Gasteiger partial charge in [-0.2, -0.15) is 0 Å². The van der Waals surface area contributed by atoms with Crippen LogP contribution in [-0.4, -0.2) is 17.3 Å². The highest BCUT2D eigenvalue weighted by Gasteiger charge is 2.39. The van der Waals surface area contributed by atoms with E-state index in [1.165, 1.54) is 51.4 Å². The Bertz CT molecular complexity index is 553. The Kier molecular flexibility index (Phi) is 4.43. The van der Waals surface area contributed by atoms with E-state index in [-0.39, 0.29) is 0 Å². The summed E-state index contributed by atoms with van der Waals surface area (Å²) in [6.45, 7) is 0. The number of fused-ring (bicyclic) bond motifs is 2. The molecule has 4 heteroatoms. The van der Waals surface area contributed by atoms with E-state index in [0.29, 0.717) is 12.1 Å². The highest BCUT2D eigenvalue weighted by atomic mass is 32.1. The summed E-state index contributed by atoms with van der Waals surface area (Å²) in [5, 5.41) is 7.59. The number of ether oxygens (including phenoxy) is 1. The van der Waals surface area contributed by atoms with Gasteiger partial charge in [-0.15, -0.1) is 0 Å². The predicted octanol–water partition coefficient (Wildman–Crippen LogP) is 4.48. The smallest absolute Gasteiger partial charge is 0.171 e. The van der Waals surface area contributed by atoms with Crippen molar-refractivity contribution in [3.05, 3.63) is 24.3 Å². The van der Waals surface area contributed by atoms with Gasteiger partial charge < -0.3 is 15.4 Å². The van der Waals surface area contributed by atoms with Crippen LogP contribution in [0.15, 0.2) is 24.3 Å². The average molecular weight is 330 g/mol. The van der Waals surface area contributed by atoms with Crippen LogP contribution >= 0.6 is 12.2 Å². The van der Waals surface area contributed by atoms with Crippen LogP contribution < -0.4 is 15.4 Å². The summed E-state index contributed by atoms with van der Waals surface area (Å²) < 4.78 is 6.00. The quantitative estimate of drug-likeness (QED) is 0.797. The highest BCUT2D eigenvalue weighted by molar-refractivity contribution is 7.80. The normalized spacial score (nSPS) is 29.7. The molecule has 0 saturated heterocycles. The number of rotatable bonds is 4. The predicted molar refractivity (Wildman–Crippen MR) is 97.9 cm³/mol. The molecular formula is C19H26N2OS. The van der Waals surface area contributed by atoms with Gasteiger partial charge in [0.2, 0.25) is 0 Å². The van der Waals surface area contributed by atoms with Crippen molar-refractivity contribution in [2.24, 2.45) is 11.8 Å². The van der Waals surface area contributed by atoms with Crippen LogP contribution in [0.5, 0.6) is 5.75 Å². The van der Waals surface area contributed by atoms with Crippen molar-refractivity contribution < 1.29 is 4.74 Å². The van der Waals surface area contributed by atoms with Crippen molar-refractivity contribution in [2.45, 2.75) is 63.5 Å². The molecule has 0 spiro atoms. The van der Waals surface area contributed by atoms with Crippen LogP contribution in [0.2, 0.25) is 0 Å². The van der Waals surface area contributed by atoms with Crippen LogP contribution in [-0.2, 0) is 0 Å². The van der Waals surface area contributed by atoms with Gasteiger partial charge in [0.25, 0.3) is 0 Å². The van der Waals surface area contributed by atoms with E-state index >= 15 is 0 Å². The molecule has 0 aromatic heterocycles. The molecule has 0 unspecified atom stereocenters. The molecule has 124 valence electrons. The van der Waals surface area contributed by atoms with Crippen LogP contribution in [0.25, 0.3) is 0 Å². The first-order valence-electron chi connectivity index (χ1n) is 9.10. The first-order chi connectivity index (χ1) is 11.3. The fraction of sp³-hybridized carbons (Fsp3) is 0.632. The second-order valence-electron chi connectivity index (χ2n) is 7.43. The van der Waals surface area contributed by atoms with Gasteiger partial charge in [0.1, 0.15) is 5.75 Å². The topological polar surface area (TPSA) is 33.3 Å². The number of hydrogen-bond acceptors (Lipinski definition) is 2. The second kappa shape index (κ2) is 6.68. The van der Waals surface area contributed by atoms with Gasteiger partial charge in [-0.05, 0) is 93.3 Å². The molecule has 1 aromatic rings.